The zero-order valence-corrected chi connectivity index (χ0v) is 13.8. The summed E-state index contributed by atoms with van der Waals surface area (Å²) in [4.78, 5) is 2.32. The molecule has 6 nitrogen and oxygen atoms in total. The van der Waals surface area contributed by atoms with E-state index in [1.54, 1.807) is 6.92 Å². The van der Waals surface area contributed by atoms with Crippen LogP contribution < -0.4 is 10.5 Å². The van der Waals surface area contributed by atoms with Crippen molar-refractivity contribution in [3.05, 3.63) is 17.6 Å². The van der Waals surface area contributed by atoms with Gasteiger partial charge in [0.15, 0.2) is 0 Å². The molecule has 1 aliphatic carbocycles. The van der Waals surface area contributed by atoms with E-state index in [9.17, 15) is 8.42 Å². The van der Waals surface area contributed by atoms with Gasteiger partial charge in [0.05, 0.1) is 6.54 Å². The van der Waals surface area contributed by atoms with Crippen LogP contribution in [-0.2, 0) is 16.6 Å². The molecule has 1 fully saturated rings. The van der Waals surface area contributed by atoms with Gasteiger partial charge < -0.3 is 15.1 Å². The third-order valence-electron chi connectivity index (χ3n) is 4.49. The van der Waals surface area contributed by atoms with Gasteiger partial charge in [-0.1, -0.05) is 12.8 Å². The van der Waals surface area contributed by atoms with E-state index in [-0.39, 0.29) is 17.0 Å². The third kappa shape index (κ3) is 3.31. The summed E-state index contributed by atoms with van der Waals surface area (Å²) in [7, 11) is 0.453. The fourth-order valence-electron chi connectivity index (χ4n) is 3.01. The molecule has 21 heavy (non-hydrogen) atoms. The highest BCUT2D eigenvalue weighted by Gasteiger charge is 2.37. The summed E-state index contributed by atoms with van der Waals surface area (Å²) in [5.41, 5.74) is 5.41. The molecule has 0 bridgehead atoms. The Morgan fingerprint density at radius 3 is 2.48 bits per heavy atom. The van der Waals surface area contributed by atoms with Crippen molar-refractivity contribution in [2.45, 2.75) is 49.6 Å². The van der Waals surface area contributed by atoms with E-state index in [1.807, 2.05) is 14.1 Å². The molecule has 1 heterocycles. The Labute approximate surface area is 126 Å². The van der Waals surface area contributed by atoms with Crippen molar-refractivity contribution in [2.24, 2.45) is 5.73 Å². The normalized spacial score (nSPS) is 18.5. The van der Waals surface area contributed by atoms with Gasteiger partial charge in [-0.3, -0.25) is 0 Å². The van der Waals surface area contributed by atoms with Crippen molar-refractivity contribution in [3.63, 3.8) is 0 Å². The highest BCUT2D eigenvalue weighted by molar-refractivity contribution is 7.89. The monoisotopic (exact) mass is 315 g/mol. The maximum atomic E-state index is 12.5. The Morgan fingerprint density at radius 2 is 2.00 bits per heavy atom. The van der Waals surface area contributed by atoms with E-state index >= 15 is 0 Å². The highest BCUT2D eigenvalue weighted by atomic mass is 32.2. The topological polar surface area (TPSA) is 88.6 Å². The van der Waals surface area contributed by atoms with Gasteiger partial charge in [0, 0.05) is 18.2 Å². The minimum Gasteiger partial charge on any atom is -0.464 e. The lowest BCUT2D eigenvalue weighted by Gasteiger charge is -2.36. The number of furan rings is 1. The smallest absolute Gasteiger partial charge is 0.244 e. The summed E-state index contributed by atoms with van der Waals surface area (Å²) in [5, 5.41) is 0. The molecule has 1 saturated carbocycles. The predicted octanol–water partition coefficient (Wildman–Crippen LogP) is 1.20. The Balaban J connectivity index is 2.15. The second-order valence-corrected chi connectivity index (χ2v) is 7.72. The molecular weight excluding hydrogens is 290 g/mol. The number of hydrogen-bond donors (Lipinski definition) is 2. The summed E-state index contributed by atoms with van der Waals surface area (Å²) in [5.74, 6) is 0.865. The molecule has 0 aliphatic heterocycles. The van der Waals surface area contributed by atoms with E-state index in [2.05, 4.69) is 9.62 Å². The lowest BCUT2D eigenvalue weighted by Crippen LogP contribution is -2.50. The second-order valence-electron chi connectivity index (χ2n) is 5.99. The molecule has 1 aliphatic rings. The van der Waals surface area contributed by atoms with Gasteiger partial charge in [-0.2, -0.15) is 0 Å². The number of nitrogens with one attached hydrogen (secondary N) is 1. The van der Waals surface area contributed by atoms with Crippen LogP contribution >= 0.6 is 0 Å². The first-order chi connectivity index (χ1) is 9.81. The average Bonchev–Trinajstić information content (AvgIpc) is 3.04. The van der Waals surface area contributed by atoms with Crippen LogP contribution in [0.1, 0.15) is 37.2 Å². The summed E-state index contributed by atoms with van der Waals surface area (Å²) in [6, 6.07) is 1.51. The minimum atomic E-state index is -3.57. The minimum absolute atomic E-state index is 0.0819. The molecule has 0 saturated heterocycles. The molecule has 0 radical (unpaired) electrons. The highest BCUT2D eigenvalue weighted by Crippen LogP contribution is 2.33. The Bertz CT molecular complexity index is 587. The number of sulfonamides is 1. The van der Waals surface area contributed by atoms with Crippen molar-refractivity contribution < 1.29 is 12.8 Å². The van der Waals surface area contributed by atoms with Gasteiger partial charge in [-0.25, -0.2) is 13.1 Å². The van der Waals surface area contributed by atoms with Crippen LogP contribution in [0.5, 0.6) is 0 Å². The van der Waals surface area contributed by atoms with Crippen molar-refractivity contribution in [1.29, 1.82) is 0 Å². The largest absolute Gasteiger partial charge is 0.464 e. The predicted molar refractivity (Wildman–Crippen MR) is 81.4 cm³/mol. The summed E-state index contributed by atoms with van der Waals surface area (Å²) in [6.07, 6.45) is 4.31. The first-order valence-corrected chi connectivity index (χ1v) is 8.75. The molecule has 1 aromatic heterocycles. The summed E-state index contributed by atoms with van der Waals surface area (Å²) < 4.78 is 33.0. The van der Waals surface area contributed by atoms with E-state index in [1.165, 1.54) is 6.07 Å². The van der Waals surface area contributed by atoms with Crippen molar-refractivity contribution >= 4 is 10.0 Å². The van der Waals surface area contributed by atoms with Crippen LogP contribution in [0.15, 0.2) is 15.4 Å². The molecule has 0 amide bonds. The van der Waals surface area contributed by atoms with Crippen LogP contribution in [0, 0.1) is 6.92 Å². The molecular formula is C14H25N3O3S. The Kier molecular flexibility index (Phi) is 4.77. The van der Waals surface area contributed by atoms with Crippen molar-refractivity contribution in [2.75, 3.05) is 20.6 Å². The zero-order chi connectivity index (χ0) is 15.7. The Morgan fingerprint density at radius 1 is 1.38 bits per heavy atom. The molecule has 2 rings (SSSR count). The van der Waals surface area contributed by atoms with E-state index in [4.69, 9.17) is 10.2 Å². The molecule has 3 N–H and O–H groups in total. The number of aryl methyl sites for hydroxylation is 1. The van der Waals surface area contributed by atoms with Crippen molar-refractivity contribution in [1.82, 2.24) is 9.62 Å². The quantitative estimate of drug-likeness (QED) is 0.823. The lowest BCUT2D eigenvalue weighted by atomic mass is 9.97. The number of nitrogens with zero attached hydrogens (tertiary/aromatic N) is 1. The van der Waals surface area contributed by atoms with E-state index in [0.717, 1.165) is 25.7 Å². The molecule has 1 aromatic rings. The van der Waals surface area contributed by atoms with Crippen LogP contribution in [0.2, 0.25) is 0 Å². The molecule has 120 valence electrons. The van der Waals surface area contributed by atoms with Crippen LogP contribution in [-0.4, -0.2) is 39.5 Å². The maximum Gasteiger partial charge on any atom is 0.244 e. The first-order valence-electron chi connectivity index (χ1n) is 7.27. The number of rotatable bonds is 6. The van der Waals surface area contributed by atoms with Gasteiger partial charge in [-0.05, 0) is 33.9 Å². The molecule has 0 spiro atoms. The number of nitrogens with two attached hydrogens (primary N) is 1. The van der Waals surface area contributed by atoms with Crippen LogP contribution in [0.25, 0.3) is 0 Å². The number of hydrogen-bond acceptors (Lipinski definition) is 5. The lowest BCUT2D eigenvalue weighted by molar-refractivity contribution is 0.162. The molecule has 0 atom stereocenters. The third-order valence-corrected chi connectivity index (χ3v) is 6.00. The van der Waals surface area contributed by atoms with Gasteiger partial charge in [0.25, 0.3) is 0 Å². The Hall–Kier alpha value is -0.890. The molecule has 0 unspecified atom stereocenters. The molecule has 0 aromatic carbocycles. The first kappa shape index (κ1) is 16.5. The van der Waals surface area contributed by atoms with Gasteiger partial charge in [-0.15, -0.1) is 0 Å². The van der Waals surface area contributed by atoms with E-state index < -0.39 is 10.0 Å². The van der Waals surface area contributed by atoms with Crippen molar-refractivity contribution in [3.8, 4) is 0 Å². The van der Waals surface area contributed by atoms with Gasteiger partial charge in [0.1, 0.15) is 16.4 Å². The fraction of sp³-hybridized carbons (Fsp3) is 0.714. The standard InChI is InChI=1S/C14H25N3O3S/c1-11-13(8-12(9-15)20-11)21(18,19)16-10-14(17(2)3)6-4-5-7-14/h8,16H,4-7,9-10,15H2,1-3H3. The maximum absolute atomic E-state index is 12.5. The summed E-state index contributed by atoms with van der Waals surface area (Å²) >= 11 is 0. The SMILES string of the molecule is Cc1oc(CN)cc1S(=O)(=O)NCC1(N(C)C)CCCC1. The fourth-order valence-corrected chi connectivity index (χ4v) is 4.33. The van der Waals surface area contributed by atoms with Crippen LogP contribution in [0.3, 0.4) is 0 Å². The zero-order valence-electron chi connectivity index (χ0n) is 13.0. The van der Waals surface area contributed by atoms with Crippen LogP contribution in [0.4, 0.5) is 0 Å². The molecule has 7 heteroatoms. The van der Waals surface area contributed by atoms with E-state index in [0.29, 0.717) is 18.1 Å². The second kappa shape index (κ2) is 6.08. The average molecular weight is 315 g/mol. The van der Waals surface area contributed by atoms with Gasteiger partial charge in [0.2, 0.25) is 10.0 Å². The summed E-state index contributed by atoms with van der Waals surface area (Å²) in [6.45, 7) is 2.26. The van der Waals surface area contributed by atoms with Gasteiger partial charge >= 0.3 is 0 Å². The number of likely N-dealkylation sites (N-methyl/N-ethyl adjacent to an activating group) is 1.